The molecule has 0 aromatic heterocycles. The van der Waals surface area contributed by atoms with Crippen molar-refractivity contribution in [2.45, 2.75) is 18.8 Å². The number of nitrogens with zero attached hydrogens (tertiary/aromatic N) is 4. The number of alkyl halides is 6. The van der Waals surface area contributed by atoms with Crippen LogP contribution in [0.2, 0.25) is 0 Å². The molecule has 1 aliphatic heterocycles. The third-order valence-corrected chi connectivity index (χ3v) is 5.86. The Hall–Kier alpha value is -4.04. The number of urea groups is 1. The van der Waals surface area contributed by atoms with Crippen molar-refractivity contribution in [1.29, 1.82) is 0 Å². The zero-order chi connectivity index (χ0) is 29.3. The molecule has 0 saturated carbocycles. The van der Waals surface area contributed by atoms with Gasteiger partial charge < -0.3 is 14.5 Å². The fraction of sp³-hybridized carbons (Fsp3) is 0.375. The standard InChI is InChI=1S/C24H23F7N4O4/c1-32(2)19(36)8-9-34-10-11-35(21(34)37)18-13-14(23(26,27)28)12-17(24(29,30)31)20(18)39-22(38)33(3)16-6-4-15(25)5-7-16/h4-7,12-13H,8-11H2,1-3H3. The highest BCUT2D eigenvalue weighted by atomic mass is 19.4. The maximum absolute atomic E-state index is 14.0. The number of carbonyl (C=O) groups excluding carboxylic acids is 3. The Labute approximate surface area is 218 Å². The van der Waals surface area contributed by atoms with E-state index in [0.717, 1.165) is 36.2 Å². The van der Waals surface area contributed by atoms with E-state index in [9.17, 15) is 45.1 Å². The van der Waals surface area contributed by atoms with Gasteiger partial charge in [0, 0.05) is 52.9 Å². The summed E-state index contributed by atoms with van der Waals surface area (Å²) in [6, 6.07) is 3.32. The molecule has 1 heterocycles. The zero-order valence-electron chi connectivity index (χ0n) is 20.9. The summed E-state index contributed by atoms with van der Waals surface area (Å²) in [5.74, 6) is -2.32. The largest absolute Gasteiger partial charge is 0.420 e. The van der Waals surface area contributed by atoms with Gasteiger partial charge in [-0.2, -0.15) is 26.3 Å². The number of hydrogen-bond acceptors (Lipinski definition) is 4. The van der Waals surface area contributed by atoms with Gasteiger partial charge in [-0.25, -0.2) is 14.0 Å². The molecule has 39 heavy (non-hydrogen) atoms. The summed E-state index contributed by atoms with van der Waals surface area (Å²) < 4.78 is 101. The molecule has 4 amide bonds. The second-order valence-corrected chi connectivity index (χ2v) is 8.73. The normalized spacial score (nSPS) is 14.1. The number of carbonyl (C=O) groups is 3. The first-order valence-corrected chi connectivity index (χ1v) is 11.3. The van der Waals surface area contributed by atoms with E-state index in [1.807, 2.05) is 0 Å². The Kier molecular flexibility index (Phi) is 8.31. The second-order valence-electron chi connectivity index (χ2n) is 8.73. The summed E-state index contributed by atoms with van der Waals surface area (Å²) in [5.41, 5.74) is -4.56. The predicted molar refractivity (Wildman–Crippen MR) is 125 cm³/mol. The van der Waals surface area contributed by atoms with Crippen LogP contribution in [0.15, 0.2) is 36.4 Å². The number of amides is 4. The maximum atomic E-state index is 14.0. The van der Waals surface area contributed by atoms with Crippen LogP contribution in [0.25, 0.3) is 0 Å². The van der Waals surface area contributed by atoms with Crippen molar-refractivity contribution in [2.24, 2.45) is 0 Å². The van der Waals surface area contributed by atoms with E-state index in [0.29, 0.717) is 15.9 Å². The van der Waals surface area contributed by atoms with E-state index in [2.05, 4.69) is 0 Å². The van der Waals surface area contributed by atoms with E-state index in [4.69, 9.17) is 4.74 Å². The number of rotatable bonds is 6. The molecule has 1 saturated heterocycles. The third-order valence-electron chi connectivity index (χ3n) is 5.86. The predicted octanol–water partition coefficient (Wildman–Crippen LogP) is 5.22. The van der Waals surface area contributed by atoms with Crippen molar-refractivity contribution in [1.82, 2.24) is 9.80 Å². The molecule has 212 valence electrons. The molecule has 15 heteroatoms. The fourth-order valence-electron chi connectivity index (χ4n) is 3.69. The van der Waals surface area contributed by atoms with E-state index >= 15 is 0 Å². The monoisotopic (exact) mass is 564 g/mol. The van der Waals surface area contributed by atoms with Gasteiger partial charge in [-0.05, 0) is 36.4 Å². The van der Waals surface area contributed by atoms with Gasteiger partial charge in [-0.1, -0.05) is 0 Å². The van der Waals surface area contributed by atoms with Gasteiger partial charge in [0.15, 0.2) is 5.75 Å². The van der Waals surface area contributed by atoms with E-state index < -0.39 is 52.9 Å². The Balaban J connectivity index is 2.06. The molecular formula is C24H23F7N4O4. The summed E-state index contributed by atoms with van der Waals surface area (Å²) in [5, 5.41) is 0. The Morgan fingerprint density at radius 3 is 2.10 bits per heavy atom. The number of ether oxygens (including phenoxy) is 1. The molecule has 0 bridgehead atoms. The lowest BCUT2D eigenvalue weighted by Crippen LogP contribution is -2.36. The molecule has 0 N–H and O–H groups in total. The Morgan fingerprint density at radius 2 is 1.56 bits per heavy atom. The smallest absolute Gasteiger partial charge is 0.407 e. The molecular weight excluding hydrogens is 541 g/mol. The lowest BCUT2D eigenvalue weighted by Gasteiger charge is -2.26. The minimum atomic E-state index is -5.42. The number of halogens is 7. The highest BCUT2D eigenvalue weighted by Gasteiger charge is 2.44. The van der Waals surface area contributed by atoms with Gasteiger partial charge in [-0.15, -0.1) is 0 Å². The number of hydrogen-bond donors (Lipinski definition) is 0. The van der Waals surface area contributed by atoms with Crippen molar-refractivity contribution < 1.29 is 49.9 Å². The van der Waals surface area contributed by atoms with Crippen LogP contribution in [0.4, 0.5) is 51.7 Å². The molecule has 1 fully saturated rings. The van der Waals surface area contributed by atoms with E-state index in [-0.39, 0.29) is 43.7 Å². The topological polar surface area (TPSA) is 73.4 Å². The zero-order valence-corrected chi connectivity index (χ0v) is 20.9. The van der Waals surface area contributed by atoms with Crippen LogP contribution in [-0.2, 0) is 17.1 Å². The van der Waals surface area contributed by atoms with Crippen molar-refractivity contribution >= 4 is 29.4 Å². The van der Waals surface area contributed by atoms with Gasteiger partial charge in [-0.3, -0.25) is 14.6 Å². The average molecular weight is 564 g/mol. The van der Waals surface area contributed by atoms with E-state index in [1.54, 1.807) is 0 Å². The summed E-state index contributed by atoms with van der Waals surface area (Å²) in [7, 11) is 4.05. The van der Waals surface area contributed by atoms with Crippen LogP contribution in [0.1, 0.15) is 17.5 Å². The minimum absolute atomic E-state index is 0.0115. The molecule has 3 rings (SSSR count). The molecule has 0 atom stereocenters. The highest BCUT2D eigenvalue weighted by Crippen LogP contribution is 2.47. The molecule has 2 aromatic carbocycles. The van der Waals surface area contributed by atoms with Crippen molar-refractivity contribution in [2.75, 3.05) is 50.6 Å². The van der Waals surface area contributed by atoms with E-state index in [1.165, 1.54) is 19.0 Å². The van der Waals surface area contributed by atoms with Gasteiger partial charge >= 0.3 is 24.5 Å². The molecule has 0 radical (unpaired) electrons. The number of benzene rings is 2. The van der Waals surface area contributed by atoms with Crippen molar-refractivity contribution in [3.63, 3.8) is 0 Å². The van der Waals surface area contributed by atoms with Crippen LogP contribution in [-0.4, -0.2) is 68.6 Å². The average Bonchev–Trinajstić information content (AvgIpc) is 3.20. The quantitative estimate of drug-likeness (QED) is 0.452. The molecule has 8 nitrogen and oxygen atoms in total. The van der Waals surface area contributed by atoms with Crippen LogP contribution in [0, 0.1) is 5.82 Å². The first kappa shape index (κ1) is 29.5. The molecule has 1 aliphatic rings. The molecule has 2 aromatic rings. The summed E-state index contributed by atoms with van der Waals surface area (Å²) in [4.78, 5) is 41.4. The van der Waals surface area contributed by atoms with Gasteiger partial charge in [0.25, 0.3) is 0 Å². The van der Waals surface area contributed by atoms with Crippen molar-refractivity contribution in [3.8, 4) is 5.75 Å². The first-order valence-electron chi connectivity index (χ1n) is 11.3. The van der Waals surface area contributed by atoms with Crippen LogP contribution in [0.5, 0.6) is 5.75 Å². The summed E-state index contributed by atoms with van der Waals surface area (Å²) in [6.45, 7) is -0.591. The fourth-order valence-corrected chi connectivity index (χ4v) is 3.69. The second kappa shape index (κ2) is 11.0. The lowest BCUT2D eigenvalue weighted by atomic mass is 10.1. The van der Waals surface area contributed by atoms with Crippen LogP contribution < -0.4 is 14.5 Å². The Bertz CT molecular complexity index is 1250. The van der Waals surface area contributed by atoms with Crippen LogP contribution >= 0.6 is 0 Å². The third kappa shape index (κ3) is 6.70. The summed E-state index contributed by atoms with van der Waals surface area (Å²) in [6.07, 6.45) is -12.2. The molecule has 0 unspecified atom stereocenters. The first-order chi connectivity index (χ1) is 18.0. The minimum Gasteiger partial charge on any atom is -0.407 e. The number of anilines is 2. The van der Waals surface area contributed by atoms with Gasteiger partial charge in [0.05, 0.1) is 11.3 Å². The maximum Gasteiger partial charge on any atom is 0.420 e. The molecule has 0 aliphatic carbocycles. The van der Waals surface area contributed by atoms with Crippen LogP contribution in [0.3, 0.4) is 0 Å². The molecule has 0 spiro atoms. The highest BCUT2D eigenvalue weighted by molar-refractivity contribution is 5.98. The summed E-state index contributed by atoms with van der Waals surface area (Å²) >= 11 is 0. The lowest BCUT2D eigenvalue weighted by molar-refractivity contribution is -0.143. The van der Waals surface area contributed by atoms with Crippen molar-refractivity contribution in [3.05, 3.63) is 53.3 Å². The van der Waals surface area contributed by atoms with Gasteiger partial charge in [0.1, 0.15) is 11.4 Å². The SMILES string of the molecule is CN(C)C(=O)CCN1CCN(c2cc(C(F)(F)F)cc(C(F)(F)F)c2OC(=O)N(C)c2ccc(F)cc2)C1=O. The van der Waals surface area contributed by atoms with Gasteiger partial charge in [0.2, 0.25) is 5.91 Å². The Morgan fingerprint density at radius 1 is 0.949 bits per heavy atom.